The van der Waals surface area contributed by atoms with Gasteiger partial charge >= 0.3 is 6.03 Å². The van der Waals surface area contributed by atoms with Gasteiger partial charge in [-0.25, -0.2) is 4.79 Å². The van der Waals surface area contributed by atoms with Gasteiger partial charge in [0, 0.05) is 31.6 Å². The molecule has 2 amide bonds. The zero-order chi connectivity index (χ0) is 17.5. The number of nitrogens with one attached hydrogen (secondary N) is 2. The maximum Gasteiger partial charge on any atom is 0.315 e. The van der Waals surface area contributed by atoms with Crippen LogP contribution < -0.4 is 10.6 Å². The lowest BCUT2D eigenvalue weighted by Gasteiger charge is -2.29. The summed E-state index contributed by atoms with van der Waals surface area (Å²) in [6.45, 7) is 3.62. The first-order valence-corrected chi connectivity index (χ1v) is 8.83. The van der Waals surface area contributed by atoms with E-state index in [0.29, 0.717) is 5.92 Å². The average molecular weight is 339 g/mol. The number of amides is 2. The fraction of sp³-hybridized carbons (Fsp3) is 0.400. The molecule has 2 heterocycles. The van der Waals surface area contributed by atoms with Crippen LogP contribution in [0.5, 0.6) is 0 Å². The highest BCUT2D eigenvalue weighted by Gasteiger charge is 2.23. The predicted octanol–water partition coefficient (Wildman–Crippen LogP) is 3.29. The van der Waals surface area contributed by atoms with Gasteiger partial charge in [-0.2, -0.15) is 0 Å². The number of ether oxygens (including phenoxy) is 1. The molecule has 1 aromatic carbocycles. The number of pyridine rings is 1. The van der Waals surface area contributed by atoms with Crippen LogP contribution in [0, 0.1) is 5.92 Å². The van der Waals surface area contributed by atoms with E-state index in [0.717, 1.165) is 37.2 Å². The quantitative estimate of drug-likeness (QED) is 0.879. The van der Waals surface area contributed by atoms with Gasteiger partial charge in [-0.3, -0.25) is 4.98 Å². The lowest BCUT2D eigenvalue weighted by atomic mass is 9.93. The molecular formula is C20H25N3O2. The second-order valence-electron chi connectivity index (χ2n) is 6.49. The SMILES string of the molecule is C[C@@H](NC(=O)N[C@@H](c1ccccc1)c1cccnc1)C1CCOCC1. The van der Waals surface area contributed by atoms with Crippen LogP contribution >= 0.6 is 0 Å². The summed E-state index contributed by atoms with van der Waals surface area (Å²) in [6, 6.07) is 13.5. The summed E-state index contributed by atoms with van der Waals surface area (Å²) >= 11 is 0. The zero-order valence-electron chi connectivity index (χ0n) is 14.5. The van der Waals surface area contributed by atoms with Crippen molar-refractivity contribution in [2.45, 2.75) is 31.8 Å². The van der Waals surface area contributed by atoms with Crippen molar-refractivity contribution in [3.63, 3.8) is 0 Å². The Morgan fingerprint density at radius 2 is 1.80 bits per heavy atom. The van der Waals surface area contributed by atoms with E-state index >= 15 is 0 Å². The molecule has 0 unspecified atom stereocenters. The smallest absolute Gasteiger partial charge is 0.315 e. The Labute approximate surface area is 148 Å². The van der Waals surface area contributed by atoms with Crippen LogP contribution in [-0.2, 0) is 4.74 Å². The van der Waals surface area contributed by atoms with Gasteiger partial charge in [0.1, 0.15) is 0 Å². The van der Waals surface area contributed by atoms with E-state index in [1.54, 1.807) is 12.4 Å². The van der Waals surface area contributed by atoms with Crippen molar-refractivity contribution in [2.24, 2.45) is 5.92 Å². The topological polar surface area (TPSA) is 63.2 Å². The van der Waals surface area contributed by atoms with Crippen LogP contribution in [0.4, 0.5) is 4.79 Å². The van der Waals surface area contributed by atoms with Gasteiger partial charge in [-0.1, -0.05) is 36.4 Å². The number of hydrogen-bond acceptors (Lipinski definition) is 3. The summed E-state index contributed by atoms with van der Waals surface area (Å²) in [4.78, 5) is 16.8. The number of carbonyl (C=O) groups excluding carboxylic acids is 1. The molecule has 25 heavy (non-hydrogen) atoms. The Morgan fingerprint density at radius 3 is 2.48 bits per heavy atom. The number of rotatable bonds is 5. The maximum atomic E-state index is 12.6. The fourth-order valence-corrected chi connectivity index (χ4v) is 3.26. The molecule has 2 aromatic rings. The Morgan fingerprint density at radius 1 is 1.08 bits per heavy atom. The third kappa shape index (κ3) is 4.79. The van der Waals surface area contributed by atoms with E-state index in [-0.39, 0.29) is 18.1 Å². The number of benzene rings is 1. The minimum atomic E-state index is -0.225. The van der Waals surface area contributed by atoms with Gasteiger partial charge in [-0.15, -0.1) is 0 Å². The molecule has 0 aliphatic carbocycles. The molecule has 1 fully saturated rings. The van der Waals surface area contributed by atoms with Gasteiger partial charge < -0.3 is 15.4 Å². The molecule has 1 aromatic heterocycles. The molecule has 1 aliphatic heterocycles. The monoisotopic (exact) mass is 339 g/mol. The van der Waals surface area contributed by atoms with Crippen molar-refractivity contribution >= 4 is 6.03 Å². The number of nitrogens with zero attached hydrogens (tertiary/aromatic N) is 1. The molecule has 0 bridgehead atoms. The molecule has 2 N–H and O–H groups in total. The molecule has 5 heteroatoms. The van der Waals surface area contributed by atoms with Crippen molar-refractivity contribution in [3.8, 4) is 0 Å². The Balaban J connectivity index is 1.68. The molecule has 3 rings (SSSR count). The maximum absolute atomic E-state index is 12.6. The van der Waals surface area contributed by atoms with Crippen LogP contribution in [0.25, 0.3) is 0 Å². The second kappa shape index (κ2) is 8.62. The summed E-state index contributed by atoms with van der Waals surface area (Å²) in [5.74, 6) is 0.466. The number of carbonyl (C=O) groups is 1. The Kier molecular flexibility index (Phi) is 6.01. The lowest BCUT2D eigenvalue weighted by Crippen LogP contribution is -2.46. The molecule has 1 saturated heterocycles. The van der Waals surface area contributed by atoms with Gasteiger partial charge in [0.2, 0.25) is 0 Å². The largest absolute Gasteiger partial charge is 0.381 e. The minimum absolute atomic E-state index is 0.120. The van der Waals surface area contributed by atoms with Crippen molar-refractivity contribution in [2.75, 3.05) is 13.2 Å². The van der Waals surface area contributed by atoms with Crippen molar-refractivity contribution in [1.29, 1.82) is 0 Å². The third-order valence-electron chi connectivity index (χ3n) is 4.76. The molecule has 1 aliphatic rings. The summed E-state index contributed by atoms with van der Waals surface area (Å²) in [5.41, 5.74) is 1.99. The minimum Gasteiger partial charge on any atom is -0.381 e. The van der Waals surface area contributed by atoms with E-state index in [4.69, 9.17) is 4.74 Å². The van der Waals surface area contributed by atoms with Gasteiger partial charge in [0.15, 0.2) is 0 Å². The van der Waals surface area contributed by atoms with Crippen LogP contribution in [0.3, 0.4) is 0 Å². The zero-order valence-corrected chi connectivity index (χ0v) is 14.5. The third-order valence-corrected chi connectivity index (χ3v) is 4.76. The first kappa shape index (κ1) is 17.4. The van der Waals surface area contributed by atoms with Crippen molar-refractivity contribution < 1.29 is 9.53 Å². The molecule has 132 valence electrons. The molecular weight excluding hydrogens is 314 g/mol. The number of aromatic nitrogens is 1. The van der Waals surface area contributed by atoms with Gasteiger partial charge in [-0.05, 0) is 42.9 Å². The van der Waals surface area contributed by atoms with Gasteiger partial charge in [0.05, 0.1) is 6.04 Å². The Bertz CT molecular complexity index is 618. The van der Waals surface area contributed by atoms with Crippen LogP contribution in [-0.4, -0.2) is 30.3 Å². The number of urea groups is 1. The van der Waals surface area contributed by atoms with E-state index in [1.807, 2.05) is 42.5 Å². The van der Waals surface area contributed by atoms with E-state index in [2.05, 4.69) is 22.5 Å². The standard InChI is InChI=1S/C20H25N3O2/c1-15(16-9-12-25-13-10-16)22-20(24)23-19(17-6-3-2-4-7-17)18-8-5-11-21-14-18/h2-8,11,14-16,19H,9-10,12-13H2,1H3,(H2,22,23,24)/t15-,19+/m1/s1. The van der Waals surface area contributed by atoms with Crippen LogP contribution in [0.15, 0.2) is 54.9 Å². The normalized spacial score (nSPS) is 17.5. The van der Waals surface area contributed by atoms with E-state index < -0.39 is 0 Å². The Hall–Kier alpha value is -2.40. The van der Waals surface area contributed by atoms with Gasteiger partial charge in [0.25, 0.3) is 0 Å². The highest BCUT2D eigenvalue weighted by Crippen LogP contribution is 2.22. The van der Waals surface area contributed by atoms with E-state index in [1.165, 1.54) is 0 Å². The summed E-state index contributed by atoms with van der Waals surface area (Å²) in [7, 11) is 0. The second-order valence-corrected chi connectivity index (χ2v) is 6.49. The molecule has 0 saturated carbocycles. The molecule has 5 nitrogen and oxygen atoms in total. The highest BCUT2D eigenvalue weighted by molar-refractivity contribution is 5.75. The molecule has 0 radical (unpaired) electrons. The van der Waals surface area contributed by atoms with Crippen molar-refractivity contribution in [1.82, 2.24) is 15.6 Å². The molecule has 2 atom stereocenters. The van der Waals surface area contributed by atoms with E-state index in [9.17, 15) is 4.79 Å². The first-order chi connectivity index (χ1) is 12.2. The average Bonchev–Trinajstić information content (AvgIpc) is 2.68. The number of hydrogen-bond donors (Lipinski definition) is 2. The lowest BCUT2D eigenvalue weighted by molar-refractivity contribution is 0.0570. The summed E-state index contributed by atoms with van der Waals surface area (Å²) in [5, 5.41) is 6.19. The molecule has 0 spiro atoms. The summed E-state index contributed by atoms with van der Waals surface area (Å²) < 4.78 is 5.40. The highest BCUT2D eigenvalue weighted by atomic mass is 16.5. The fourth-order valence-electron chi connectivity index (χ4n) is 3.26. The summed E-state index contributed by atoms with van der Waals surface area (Å²) in [6.07, 6.45) is 5.51. The predicted molar refractivity (Wildman–Crippen MR) is 97.2 cm³/mol. The van der Waals surface area contributed by atoms with Crippen LogP contribution in [0.2, 0.25) is 0 Å². The first-order valence-electron chi connectivity index (χ1n) is 8.83. The van der Waals surface area contributed by atoms with Crippen molar-refractivity contribution in [3.05, 3.63) is 66.0 Å². The van der Waals surface area contributed by atoms with Crippen LogP contribution in [0.1, 0.15) is 36.9 Å².